The molecule has 1 amide bonds. The van der Waals surface area contributed by atoms with Crippen molar-refractivity contribution in [3.63, 3.8) is 0 Å². The van der Waals surface area contributed by atoms with E-state index in [2.05, 4.69) is 34.3 Å². The highest BCUT2D eigenvalue weighted by Gasteiger charge is 2.28. The van der Waals surface area contributed by atoms with Crippen molar-refractivity contribution in [3.8, 4) is 0 Å². The summed E-state index contributed by atoms with van der Waals surface area (Å²) in [5.74, 6) is 0.00394. The van der Waals surface area contributed by atoms with E-state index in [1.807, 2.05) is 11.8 Å². The van der Waals surface area contributed by atoms with E-state index < -0.39 is 0 Å². The van der Waals surface area contributed by atoms with Crippen molar-refractivity contribution in [2.45, 2.75) is 26.8 Å². The van der Waals surface area contributed by atoms with E-state index in [0.29, 0.717) is 16.2 Å². The Bertz CT molecular complexity index is 436. The van der Waals surface area contributed by atoms with E-state index in [9.17, 15) is 4.79 Å². The van der Waals surface area contributed by atoms with Gasteiger partial charge in [0, 0.05) is 32.2 Å². The van der Waals surface area contributed by atoms with Crippen LogP contribution in [0.15, 0.2) is 0 Å². The lowest BCUT2D eigenvalue weighted by Gasteiger charge is -2.38. The quantitative estimate of drug-likeness (QED) is 0.898. The van der Waals surface area contributed by atoms with Crippen LogP contribution in [0.1, 0.15) is 30.6 Å². The summed E-state index contributed by atoms with van der Waals surface area (Å²) in [4.78, 5) is 16.6. The molecule has 1 aliphatic heterocycles. The van der Waals surface area contributed by atoms with Gasteiger partial charge in [-0.1, -0.05) is 18.3 Å². The van der Waals surface area contributed by atoms with Gasteiger partial charge in [-0.3, -0.25) is 9.69 Å². The number of carbonyl (C=O) groups excluding carboxylic acids is 1. The first-order valence-electron chi connectivity index (χ1n) is 6.76. The van der Waals surface area contributed by atoms with Crippen LogP contribution in [-0.4, -0.2) is 64.7 Å². The van der Waals surface area contributed by atoms with Crippen LogP contribution in [0.25, 0.3) is 0 Å². The van der Waals surface area contributed by atoms with Crippen LogP contribution in [0, 0.1) is 0 Å². The first-order chi connectivity index (χ1) is 9.15. The second-order valence-corrected chi connectivity index (χ2v) is 5.65. The molecule has 0 aromatic carbocycles. The molecule has 1 aromatic heterocycles. The van der Waals surface area contributed by atoms with Crippen LogP contribution in [0.4, 0.5) is 5.13 Å². The van der Waals surface area contributed by atoms with E-state index >= 15 is 0 Å². The molecule has 106 valence electrons. The molecule has 2 heterocycles. The van der Waals surface area contributed by atoms with E-state index in [1.165, 1.54) is 11.3 Å². The van der Waals surface area contributed by atoms with Crippen molar-refractivity contribution >= 4 is 22.4 Å². The Morgan fingerprint density at radius 2 is 2.21 bits per heavy atom. The lowest BCUT2D eigenvalue weighted by atomic mass is 10.2. The molecule has 0 spiro atoms. The van der Waals surface area contributed by atoms with E-state index in [1.54, 1.807) is 0 Å². The van der Waals surface area contributed by atoms with Gasteiger partial charge < -0.3 is 10.2 Å². The number of nitrogens with one attached hydrogen (secondary N) is 1. The number of nitrogens with zero attached hydrogens (tertiary/aromatic N) is 4. The zero-order valence-electron chi connectivity index (χ0n) is 11.7. The molecule has 1 unspecified atom stereocenters. The molecule has 0 radical (unpaired) electrons. The predicted octanol–water partition coefficient (Wildman–Crippen LogP) is 1.14. The minimum absolute atomic E-state index is 0.00394. The fraction of sp³-hybridized carbons (Fsp3) is 0.750. The van der Waals surface area contributed by atoms with Gasteiger partial charge in [-0.05, 0) is 20.4 Å². The summed E-state index contributed by atoms with van der Waals surface area (Å²) in [5.41, 5.74) is 0. The summed E-state index contributed by atoms with van der Waals surface area (Å²) in [6.45, 7) is 10.6. The average molecular weight is 283 g/mol. The van der Waals surface area contributed by atoms with Crippen molar-refractivity contribution in [2.24, 2.45) is 0 Å². The maximum absolute atomic E-state index is 12.3. The SMILES string of the molecule is CCNc1nnc(C(=O)N2CCN(CC)C(C)C2)s1. The summed E-state index contributed by atoms with van der Waals surface area (Å²) >= 11 is 1.33. The fourth-order valence-corrected chi connectivity index (χ4v) is 3.10. The van der Waals surface area contributed by atoms with Crippen molar-refractivity contribution in [1.29, 1.82) is 0 Å². The molecule has 19 heavy (non-hydrogen) atoms. The van der Waals surface area contributed by atoms with Gasteiger partial charge in [0.25, 0.3) is 5.91 Å². The molecule has 0 bridgehead atoms. The first kappa shape index (κ1) is 14.2. The van der Waals surface area contributed by atoms with Crippen LogP contribution in [0.3, 0.4) is 0 Å². The van der Waals surface area contributed by atoms with Crippen LogP contribution in [0.5, 0.6) is 0 Å². The van der Waals surface area contributed by atoms with Crippen LogP contribution < -0.4 is 5.32 Å². The standard InChI is InChI=1S/C12H21N5OS/c1-4-13-12-15-14-10(19-12)11(18)17-7-6-16(5-2)9(3)8-17/h9H,4-8H2,1-3H3,(H,13,15). The first-order valence-corrected chi connectivity index (χ1v) is 7.58. The third-order valence-corrected chi connectivity index (χ3v) is 4.26. The average Bonchev–Trinajstić information content (AvgIpc) is 2.87. The molecule has 7 heteroatoms. The third kappa shape index (κ3) is 3.22. The lowest BCUT2D eigenvalue weighted by Crippen LogP contribution is -2.53. The fourth-order valence-electron chi connectivity index (χ4n) is 2.32. The van der Waals surface area contributed by atoms with E-state index in [-0.39, 0.29) is 5.91 Å². The number of likely N-dealkylation sites (N-methyl/N-ethyl adjacent to an activating group) is 1. The van der Waals surface area contributed by atoms with E-state index in [4.69, 9.17) is 0 Å². The Morgan fingerprint density at radius 1 is 1.42 bits per heavy atom. The molecule has 2 rings (SSSR count). The number of piperazine rings is 1. The molecular weight excluding hydrogens is 262 g/mol. The Morgan fingerprint density at radius 3 is 2.84 bits per heavy atom. The smallest absolute Gasteiger partial charge is 0.285 e. The second kappa shape index (κ2) is 6.29. The van der Waals surface area contributed by atoms with Gasteiger partial charge >= 0.3 is 0 Å². The molecule has 1 atom stereocenters. The van der Waals surface area contributed by atoms with Crippen molar-refractivity contribution in [3.05, 3.63) is 5.01 Å². The van der Waals surface area contributed by atoms with Gasteiger partial charge in [0.15, 0.2) is 0 Å². The van der Waals surface area contributed by atoms with Gasteiger partial charge in [-0.15, -0.1) is 10.2 Å². The Balaban J connectivity index is 1.99. The largest absolute Gasteiger partial charge is 0.360 e. The molecule has 0 aliphatic carbocycles. The maximum Gasteiger partial charge on any atom is 0.285 e. The highest BCUT2D eigenvalue weighted by Crippen LogP contribution is 2.18. The number of aromatic nitrogens is 2. The monoisotopic (exact) mass is 283 g/mol. The molecule has 0 saturated carbocycles. The topological polar surface area (TPSA) is 61.4 Å². The third-order valence-electron chi connectivity index (χ3n) is 3.39. The summed E-state index contributed by atoms with van der Waals surface area (Å²) in [5, 5.41) is 12.2. The molecule has 1 N–H and O–H groups in total. The van der Waals surface area contributed by atoms with Crippen LogP contribution in [-0.2, 0) is 0 Å². The number of carbonyl (C=O) groups is 1. The van der Waals surface area contributed by atoms with Gasteiger partial charge in [-0.2, -0.15) is 0 Å². The summed E-state index contributed by atoms with van der Waals surface area (Å²) < 4.78 is 0. The molecule has 1 saturated heterocycles. The number of hydrogen-bond acceptors (Lipinski definition) is 6. The maximum atomic E-state index is 12.3. The molecule has 1 aliphatic rings. The zero-order valence-corrected chi connectivity index (χ0v) is 12.5. The lowest BCUT2D eigenvalue weighted by molar-refractivity contribution is 0.0527. The molecule has 1 aromatic rings. The highest BCUT2D eigenvalue weighted by molar-refractivity contribution is 7.17. The minimum Gasteiger partial charge on any atom is -0.360 e. The van der Waals surface area contributed by atoms with Crippen LogP contribution in [0.2, 0.25) is 0 Å². The number of rotatable bonds is 4. The number of anilines is 1. The van der Waals surface area contributed by atoms with Gasteiger partial charge in [0.05, 0.1) is 0 Å². The van der Waals surface area contributed by atoms with Crippen LogP contribution >= 0.6 is 11.3 Å². The second-order valence-electron chi connectivity index (χ2n) is 4.67. The van der Waals surface area contributed by atoms with Crippen molar-refractivity contribution < 1.29 is 4.79 Å². The summed E-state index contributed by atoms with van der Waals surface area (Å²) in [6, 6.07) is 0.406. The summed E-state index contributed by atoms with van der Waals surface area (Å²) in [7, 11) is 0. The van der Waals surface area contributed by atoms with Crippen molar-refractivity contribution in [2.75, 3.05) is 38.0 Å². The molecular formula is C12H21N5OS. The van der Waals surface area contributed by atoms with E-state index in [0.717, 1.165) is 32.7 Å². The predicted molar refractivity (Wildman–Crippen MR) is 76.7 cm³/mol. The highest BCUT2D eigenvalue weighted by atomic mass is 32.1. The normalized spacial score (nSPS) is 20.6. The number of hydrogen-bond donors (Lipinski definition) is 1. The Labute approximate surface area is 117 Å². The van der Waals surface area contributed by atoms with Crippen molar-refractivity contribution in [1.82, 2.24) is 20.0 Å². The Hall–Kier alpha value is -1.21. The van der Waals surface area contributed by atoms with Gasteiger partial charge in [0.2, 0.25) is 10.1 Å². The van der Waals surface area contributed by atoms with Gasteiger partial charge in [0.1, 0.15) is 0 Å². The molecule has 1 fully saturated rings. The zero-order chi connectivity index (χ0) is 13.8. The summed E-state index contributed by atoms with van der Waals surface area (Å²) in [6.07, 6.45) is 0. The molecule has 6 nitrogen and oxygen atoms in total. The van der Waals surface area contributed by atoms with Gasteiger partial charge in [-0.25, -0.2) is 0 Å². The number of amides is 1. The minimum atomic E-state index is 0.00394. The Kier molecular flexibility index (Phi) is 4.71.